The Bertz CT molecular complexity index is 1220. The summed E-state index contributed by atoms with van der Waals surface area (Å²) >= 11 is 1.61. The molecule has 1 amide bonds. The van der Waals surface area contributed by atoms with Crippen LogP contribution in [0, 0.1) is 19.7 Å². The van der Waals surface area contributed by atoms with Gasteiger partial charge in [0, 0.05) is 29.9 Å². The summed E-state index contributed by atoms with van der Waals surface area (Å²) in [6.45, 7) is 5.27. The minimum absolute atomic E-state index is 0.0108. The van der Waals surface area contributed by atoms with E-state index in [9.17, 15) is 14.0 Å². The Labute approximate surface area is 184 Å². The van der Waals surface area contributed by atoms with Gasteiger partial charge in [0.15, 0.2) is 0 Å². The maximum absolute atomic E-state index is 13.5. The minimum atomic E-state index is -0.321. The maximum atomic E-state index is 13.5. The van der Waals surface area contributed by atoms with Crippen LogP contribution in [0.3, 0.4) is 0 Å². The third kappa shape index (κ3) is 3.80. The SMILES string of the molecule is Cc1sc2nc(C3CC3)n(C3CCN(C(=O)Cc4cccc(F)c4)CC3)c(=O)c2c1C. The summed E-state index contributed by atoms with van der Waals surface area (Å²) < 4.78 is 15.4. The van der Waals surface area contributed by atoms with Gasteiger partial charge in [-0.15, -0.1) is 11.3 Å². The normalized spacial score (nSPS) is 17.5. The summed E-state index contributed by atoms with van der Waals surface area (Å²) in [5.41, 5.74) is 1.81. The molecule has 5 rings (SSSR count). The van der Waals surface area contributed by atoms with Gasteiger partial charge in [-0.05, 0) is 62.8 Å². The number of amides is 1. The van der Waals surface area contributed by atoms with Crippen molar-refractivity contribution in [2.45, 2.75) is 57.9 Å². The number of piperidine rings is 1. The molecule has 0 N–H and O–H groups in total. The number of rotatable bonds is 4. The van der Waals surface area contributed by atoms with Gasteiger partial charge in [-0.3, -0.25) is 14.2 Å². The van der Waals surface area contributed by atoms with Crippen molar-refractivity contribution in [1.82, 2.24) is 14.5 Å². The first kappa shape index (κ1) is 20.4. The van der Waals surface area contributed by atoms with Gasteiger partial charge in [-0.25, -0.2) is 9.37 Å². The fourth-order valence-corrected chi connectivity index (χ4v) is 5.64. The molecule has 0 atom stereocenters. The Balaban J connectivity index is 1.37. The zero-order valence-corrected chi connectivity index (χ0v) is 18.7. The predicted octanol–water partition coefficient (Wildman–Crippen LogP) is 4.50. The fraction of sp³-hybridized carbons (Fsp3) is 0.458. The van der Waals surface area contributed by atoms with Gasteiger partial charge in [0.2, 0.25) is 5.91 Å². The van der Waals surface area contributed by atoms with Crippen LogP contribution in [0.5, 0.6) is 0 Å². The van der Waals surface area contributed by atoms with Crippen molar-refractivity contribution in [3.63, 3.8) is 0 Å². The van der Waals surface area contributed by atoms with Crippen LogP contribution in [0.1, 0.15) is 59.5 Å². The van der Waals surface area contributed by atoms with Crippen molar-refractivity contribution in [3.05, 3.63) is 62.3 Å². The second-order valence-corrected chi connectivity index (χ2v) is 10.0. The van der Waals surface area contributed by atoms with Crippen molar-refractivity contribution < 1.29 is 9.18 Å². The van der Waals surface area contributed by atoms with Crippen LogP contribution in [0.4, 0.5) is 4.39 Å². The predicted molar refractivity (Wildman–Crippen MR) is 120 cm³/mol. The first-order chi connectivity index (χ1) is 14.9. The van der Waals surface area contributed by atoms with Crippen molar-refractivity contribution >= 4 is 27.5 Å². The zero-order chi connectivity index (χ0) is 21.7. The Kier molecular flexibility index (Phi) is 5.16. The van der Waals surface area contributed by atoms with E-state index in [2.05, 4.69) is 0 Å². The van der Waals surface area contributed by atoms with Crippen LogP contribution < -0.4 is 5.56 Å². The molecular weight excluding hydrogens is 413 g/mol. The van der Waals surface area contributed by atoms with Gasteiger partial charge in [-0.1, -0.05) is 12.1 Å². The van der Waals surface area contributed by atoms with Crippen LogP contribution in [0.15, 0.2) is 29.1 Å². The number of nitrogens with zero attached hydrogens (tertiary/aromatic N) is 3. The quantitative estimate of drug-likeness (QED) is 0.602. The van der Waals surface area contributed by atoms with Crippen molar-refractivity contribution in [2.75, 3.05) is 13.1 Å². The summed E-state index contributed by atoms with van der Waals surface area (Å²) in [7, 11) is 0. The van der Waals surface area contributed by atoms with Gasteiger partial charge in [0.1, 0.15) is 16.5 Å². The smallest absolute Gasteiger partial charge is 0.262 e. The summed E-state index contributed by atoms with van der Waals surface area (Å²) in [6, 6.07) is 6.28. The second-order valence-electron chi connectivity index (χ2n) is 8.80. The number of benzene rings is 1. The van der Waals surface area contributed by atoms with Crippen LogP contribution in [-0.2, 0) is 11.2 Å². The zero-order valence-electron chi connectivity index (χ0n) is 17.9. The summed E-state index contributed by atoms with van der Waals surface area (Å²) in [6.07, 6.45) is 3.86. The number of halogens is 1. The number of aryl methyl sites for hydroxylation is 2. The van der Waals surface area contributed by atoms with Gasteiger partial charge < -0.3 is 4.90 Å². The molecule has 1 saturated heterocycles. The number of hydrogen-bond donors (Lipinski definition) is 0. The fourth-order valence-electron chi connectivity index (χ4n) is 4.61. The topological polar surface area (TPSA) is 55.2 Å². The van der Waals surface area contributed by atoms with Crippen LogP contribution >= 0.6 is 11.3 Å². The molecule has 0 spiro atoms. The highest BCUT2D eigenvalue weighted by Crippen LogP contribution is 2.41. The Hall–Kier alpha value is -2.54. The average Bonchev–Trinajstić information content (AvgIpc) is 3.54. The third-order valence-electron chi connectivity index (χ3n) is 6.63. The highest BCUT2D eigenvalue weighted by molar-refractivity contribution is 7.18. The molecule has 1 aliphatic carbocycles. The van der Waals surface area contributed by atoms with E-state index < -0.39 is 0 Å². The van der Waals surface area contributed by atoms with E-state index in [0.29, 0.717) is 24.6 Å². The summed E-state index contributed by atoms with van der Waals surface area (Å²) in [4.78, 5) is 35.0. The number of hydrogen-bond acceptors (Lipinski definition) is 4. The van der Waals surface area contributed by atoms with Crippen LogP contribution in [0.25, 0.3) is 10.2 Å². The molecular formula is C24H26FN3O2S. The molecule has 0 radical (unpaired) electrons. The van der Waals surface area contributed by atoms with E-state index in [-0.39, 0.29) is 29.7 Å². The summed E-state index contributed by atoms with van der Waals surface area (Å²) in [5.74, 6) is 1.00. The molecule has 0 unspecified atom stereocenters. The van der Waals surface area contributed by atoms with E-state index in [1.54, 1.807) is 23.5 Å². The lowest BCUT2D eigenvalue weighted by atomic mass is 10.0. The highest BCUT2D eigenvalue weighted by Gasteiger charge is 2.34. The first-order valence-electron chi connectivity index (χ1n) is 11.0. The molecule has 7 heteroatoms. The Morgan fingerprint density at radius 2 is 1.94 bits per heavy atom. The maximum Gasteiger partial charge on any atom is 0.262 e. The van der Waals surface area contributed by atoms with Crippen LogP contribution in [0.2, 0.25) is 0 Å². The Morgan fingerprint density at radius 1 is 1.19 bits per heavy atom. The average molecular weight is 440 g/mol. The molecule has 5 nitrogen and oxygen atoms in total. The molecule has 1 aliphatic heterocycles. The van der Waals surface area contributed by atoms with Crippen molar-refractivity contribution in [3.8, 4) is 0 Å². The minimum Gasteiger partial charge on any atom is -0.342 e. The van der Waals surface area contributed by atoms with E-state index >= 15 is 0 Å². The van der Waals surface area contributed by atoms with Gasteiger partial charge in [0.25, 0.3) is 5.56 Å². The van der Waals surface area contributed by atoms with E-state index in [1.807, 2.05) is 23.3 Å². The molecule has 3 heterocycles. The molecule has 2 aromatic heterocycles. The van der Waals surface area contributed by atoms with E-state index in [0.717, 1.165) is 52.2 Å². The highest BCUT2D eigenvalue weighted by atomic mass is 32.1. The lowest BCUT2D eigenvalue weighted by Crippen LogP contribution is -2.42. The lowest BCUT2D eigenvalue weighted by molar-refractivity contribution is -0.131. The number of carbonyl (C=O) groups is 1. The molecule has 1 aromatic carbocycles. The molecule has 162 valence electrons. The van der Waals surface area contributed by atoms with Gasteiger partial charge >= 0.3 is 0 Å². The first-order valence-corrected chi connectivity index (χ1v) is 11.8. The van der Waals surface area contributed by atoms with Crippen molar-refractivity contribution in [2.24, 2.45) is 0 Å². The number of fused-ring (bicyclic) bond motifs is 1. The molecule has 1 saturated carbocycles. The largest absolute Gasteiger partial charge is 0.342 e. The lowest BCUT2D eigenvalue weighted by Gasteiger charge is -2.34. The number of carbonyl (C=O) groups excluding carboxylic acids is 1. The molecule has 0 bridgehead atoms. The number of thiophene rings is 1. The van der Waals surface area contributed by atoms with E-state index in [1.165, 1.54) is 12.1 Å². The van der Waals surface area contributed by atoms with E-state index in [4.69, 9.17) is 4.98 Å². The molecule has 3 aromatic rings. The summed E-state index contributed by atoms with van der Waals surface area (Å²) in [5, 5.41) is 0.761. The monoisotopic (exact) mass is 439 g/mol. The second kappa shape index (κ2) is 7.86. The standard InChI is InChI=1S/C24H26FN3O2S/c1-14-15(2)31-23-21(14)24(30)28(22(26-23)17-6-7-17)19-8-10-27(11-9-19)20(29)13-16-4-3-5-18(25)12-16/h3-5,12,17,19H,6-11,13H2,1-2H3. The molecule has 2 aliphatic rings. The third-order valence-corrected chi connectivity index (χ3v) is 7.73. The van der Waals surface area contributed by atoms with Gasteiger partial charge in [-0.2, -0.15) is 0 Å². The molecule has 31 heavy (non-hydrogen) atoms. The number of likely N-dealkylation sites (tertiary alicyclic amines) is 1. The molecule has 2 fully saturated rings. The number of aromatic nitrogens is 2. The Morgan fingerprint density at radius 3 is 2.61 bits per heavy atom. The van der Waals surface area contributed by atoms with Gasteiger partial charge in [0.05, 0.1) is 11.8 Å². The van der Waals surface area contributed by atoms with Crippen molar-refractivity contribution in [1.29, 1.82) is 0 Å². The van der Waals surface area contributed by atoms with Crippen LogP contribution in [-0.4, -0.2) is 33.4 Å².